The van der Waals surface area contributed by atoms with Crippen molar-refractivity contribution in [1.29, 1.82) is 0 Å². The normalized spacial score (nSPS) is 12.9. The molecule has 170 valence electrons. The molecule has 4 heterocycles. The van der Waals surface area contributed by atoms with Crippen molar-refractivity contribution in [3.8, 4) is 11.3 Å². The second-order valence-corrected chi connectivity index (χ2v) is 8.15. The highest BCUT2D eigenvalue weighted by molar-refractivity contribution is 6.35. The molecule has 6 nitrogen and oxygen atoms in total. The van der Waals surface area contributed by atoms with Gasteiger partial charge in [0.25, 0.3) is 0 Å². The summed E-state index contributed by atoms with van der Waals surface area (Å²) < 4.78 is 44.0. The molecule has 5 aromatic rings. The van der Waals surface area contributed by atoms with Crippen LogP contribution >= 0.6 is 11.6 Å². The second-order valence-electron chi connectivity index (χ2n) is 7.74. The first-order valence-corrected chi connectivity index (χ1v) is 10.6. The quantitative estimate of drug-likeness (QED) is 0.347. The van der Waals surface area contributed by atoms with E-state index in [1.807, 2.05) is 0 Å². The summed E-state index contributed by atoms with van der Waals surface area (Å²) in [4.78, 5) is 21.0. The van der Waals surface area contributed by atoms with Crippen molar-refractivity contribution in [1.82, 2.24) is 24.9 Å². The number of aromatic nitrogens is 5. The van der Waals surface area contributed by atoms with Crippen molar-refractivity contribution in [2.24, 2.45) is 0 Å². The maximum atomic E-state index is 14.7. The van der Waals surface area contributed by atoms with Crippen LogP contribution in [0, 0.1) is 6.92 Å². The first kappa shape index (κ1) is 22.0. The molecule has 0 aliphatic rings. The predicted molar refractivity (Wildman–Crippen MR) is 124 cm³/mol. The first-order chi connectivity index (χ1) is 16.2. The Morgan fingerprint density at radius 1 is 0.941 bits per heavy atom. The van der Waals surface area contributed by atoms with Crippen LogP contribution < -0.4 is 5.73 Å². The Morgan fingerprint density at radius 3 is 2.50 bits per heavy atom. The van der Waals surface area contributed by atoms with Gasteiger partial charge in [0.1, 0.15) is 17.3 Å². The fraction of sp³-hybridized carbons (Fsp3) is 0.125. The monoisotopic (exact) mass is 480 g/mol. The molecule has 0 unspecified atom stereocenters. The fourth-order valence-corrected chi connectivity index (χ4v) is 4.06. The molecule has 0 saturated carbocycles. The van der Waals surface area contributed by atoms with Gasteiger partial charge in [0, 0.05) is 29.0 Å². The number of para-hydroxylation sites is 1. The van der Waals surface area contributed by atoms with Crippen LogP contribution in [0.4, 0.5) is 19.0 Å². The number of aryl methyl sites for hydroxylation is 1. The zero-order valence-electron chi connectivity index (χ0n) is 17.7. The van der Waals surface area contributed by atoms with Crippen molar-refractivity contribution >= 4 is 39.4 Å². The number of fused-ring (bicyclic) bond motifs is 2. The van der Waals surface area contributed by atoms with Crippen LogP contribution in [-0.4, -0.2) is 31.1 Å². The van der Waals surface area contributed by atoms with Crippen LogP contribution in [0.15, 0.2) is 60.9 Å². The highest BCUT2D eigenvalue weighted by atomic mass is 35.5. The molecule has 0 radical (unpaired) electrons. The van der Waals surface area contributed by atoms with Crippen molar-refractivity contribution < 1.29 is 13.2 Å². The molecule has 2 N–H and O–H groups in total. The minimum absolute atomic E-state index is 0.0869. The number of pyridine rings is 3. The van der Waals surface area contributed by atoms with Gasteiger partial charge < -0.3 is 5.73 Å². The van der Waals surface area contributed by atoms with Crippen LogP contribution in [0.3, 0.4) is 0 Å². The molecule has 0 amide bonds. The summed E-state index contributed by atoms with van der Waals surface area (Å²) in [5, 5.41) is 0.780. The molecule has 34 heavy (non-hydrogen) atoms. The highest BCUT2D eigenvalue weighted by Crippen LogP contribution is 2.44. The van der Waals surface area contributed by atoms with Crippen LogP contribution in [0.25, 0.3) is 33.2 Å². The molecule has 1 aromatic carbocycles. The lowest BCUT2D eigenvalue weighted by Gasteiger charge is -2.23. The van der Waals surface area contributed by atoms with Gasteiger partial charge in [-0.15, -0.1) is 0 Å². The lowest BCUT2D eigenvalue weighted by atomic mass is 9.91. The van der Waals surface area contributed by atoms with E-state index in [2.05, 4.69) is 24.9 Å². The standard InChI is InChI=1S/C24H16ClF3N6/c1-12-7-8-14(11-31-12)19-15(10-13-4-2-5-16(25)20(13)33-19)18(24(26,27)28)23-32-17-6-3-9-30-21(17)22(29)34-23/h2-11,18H,1H3,(H2,29,32,34)/t18-/m1/s1. The van der Waals surface area contributed by atoms with Crippen LogP contribution in [0.1, 0.15) is 23.0 Å². The van der Waals surface area contributed by atoms with Gasteiger partial charge in [-0.1, -0.05) is 23.7 Å². The third kappa shape index (κ3) is 3.88. The average Bonchev–Trinajstić information content (AvgIpc) is 2.79. The number of nitrogens with zero attached hydrogens (tertiary/aromatic N) is 5. The molecule has 1 atom stereocenters. The summed E-state index contributed by atoms with van der Waals surface area (Å²) in [7, 11) is 0. The Morgan fingerprint density at radius 2 is 1.76 bits per heavy atom. The van der Waals surface area contributed by atoms with Crippen molar-refractivity contribution in [2.75, 3.05) is 5.73 Å². The predicted octanol–water partition coefficient (Wildman–Crippen LogP) is 5.87. The summed E-state index contributed by atoms with van der Waals surface area (Å²) in [6.07, 6.45) is -1.79. The van der Waals surface area contributed by atoms with E-state index >= 15 is 0 Å². The van der Waals surface area contributed by atoms with Gasteiger partial charge in [-0.05, 0) is 48.9 Å². The van der Waals surface area contributed by atoms with E-state index < -0.39 is 17.9 Å². The Bertz CT molecular complexity index is 1540. The molecule has 10 heteroatoms. The molecular formula is C24H16ClF3N6. The van der Waals surface area contributed by atoms with E-state index in [1.54, 1.807) is 49.4 Å². The average molecular weight is 481 g/mol. The van der Waals surface area contributed by atoms with Crippen molar-refractivity contribution in [2.45, 2.75) is 19.0 Å². The number of hydrogen-bond donors (Lipinski definition) is 1. The van der Waals surface area contributed by atoms with Crippen LogP contribution in [0.2, 0.25) is 5.02 Å². The van der Waals surface area contributed by atoms with E-state index in [0.717, 1.165) is 5.69 Å². The van der Waals surface area contributed by atoms with E-state index in [0.29, 0.717) is 21.5 Å². The SMILES string of the molecule is Cc1ccc(-c2nc3c(Cl)cccc3cc2[C@H](c2nc(N)c3ncccc3n2)C(F)(F)F)cn1. The molecule has 0 aliphatic carbocycles. The van der Waals surface area contributed by atoms with Crippen molar-refractivity contribution in [3.63, 3.8) is 0 Å². The third-order valence-corrected chi connectivity index (χ3v) is 5.71. The van der Waals surface area contributed by atoms with Crippen LogP contribution in [-0.2, 0) is 0 Å². The summed E-state index contributed by atoms with van der Waals surface area (Å²) >= 11 is 6.32. The van der Waals surface area contributed by atoms with E-state index in [-0.39, 0.29) is 28.1 Å². The number of benzene rings is 1. The topological polar surface area (TPSA) is 90.5 Å². The minimum atomic E-state index is -4.75. The van der Waals surface area contributed by atoms with Crippen LogP contribution in [0.5, 0.6) is 0 Å². The number of anilines is 1. The first-order valence-electron chi connectivity index (χ1n) is 10.2. The number of hydrogen-bond acceptors (Lipinski definition) is 6. The van der Waals surface area contributed by atoms with Crippen molar-refractivity contribution in [3.05, 3.63) is 83.0 Å². The summed E-state index contributed by atoms with van der Waals surface area (Å²) in [5.41, 5.74) is 7.89. The Balaban J connectivity index is 1.84. The van der Waals surface area contributed by atoms with Gasteiger partial charge in [-0.2, -0.15) is 13.2 Å². The van der Waals surface area contributed by atoms with Gasteiger partial charge in [-0.25, -0.2) is 15.0 Å². The number of nitrogen functional groups attached to an aromatic ring is 1. The maximum absolute atomic E-state index is 14.7. The highest BCUT2D eigenvalue weighted by Gasteiger charge is 2.46. The summed E-state index contributed by atoms with van der Waals surface area (Å²) in [6, 6.07) is 12.9. The molecule has 0 saturated heterocycles. The number of halogens is 4. The zero-order valence-corrected chi connectivity index (χ0v) is 18.4. The number of nitrogens with two attached hydrogens (primary N) is 1. The molecule has 0 aliphatic heterocycles. The van der Waals surface area contributed by atoms with E-state index in [1.165, 1.54) is 18.5 Å². The Hall–Kier alpha value is -3.85. The molecule has 0 spiro atoms. The molecule has 0 fully saturated rings. The third-order valence-electron chi connectivity index (χ3n) is 5.41. The Labute approximate surface area is 196 Å². The Kier molecular flexibility index (Phi) is 5.28. The molecule has 4 aromatic heterocycles. The number of rotatable bonds is 3. The lowest BCUT2D eigenvalue weighted by molar-refractivity contribution is -0.142. The second kappa shape index (κ2) is 8.18. The summed E-state index contributed by atoms with van der Waals surface area (Å²) in [6.45, 7) is 1.79. The number of alkyl halides is 3. The maximum Gasteiger partial charge on any atom is 0.402 e. The van der Waals surface area contributed by atoms with Gasteiger partial charge in [-0.3, -0.25) is 9.97 Å². The van der Waals surface area contributed by atoms with E-state index in [9.17, 15) is 13.2 Å². The molecular weight excluding hydrogens is 465 g/mol. The van der Waals surface area contributed by atoms with Gasteiger partial charge in [0.05, 0.1) is 21.7 Å². The largest absolute Gasteiger partial charge is 0.402 e. The molecule has 5 rings (SSSR count). The van der Waals surface area contributed by atoms with Gasteiger partial charge >= 0.3 is 6.18 Å². The smallest absolute Gasteiger partial charge is 0.382 e. The minimum Gasteiger partial charge on any atom is -0.382 e. The summed E-state index contributed by atoms with van der Waals surface area (Å²) in [5.74, 6) is -2.83. The van der Waals surface area contributed by atoms with E-state index in [4.69, 9.17) is 17.3 Å². The van der Waals surface area contributed by atoms with Gasteiger partial charge in [0.15, 0.2) is 5.82 Å². The van der Waals surface area contributed by atoms with Gasteiger partial charge in [0.2, 0.25) is 0 Å². The lowest BCUT2D eigenvalue weighted by Crippen LogP contribution is -2.25. The fourth-order valence-electron chi connectivity index (χ4n) is 3.84. The molecule has 0 bridgehead atoms. The zero-order chi connectivity index (χ0) is 24.0.